The molecular weight excluding hydrogens is 301 g/mol. The van der Waals surface area contributed by atoms with Gasteiger partial charge in [0.05, 0.1) is 12.3 Å². The maximum absolute atomic E-state index is 13.1. The number of nitrogens with zero attached hydrogens (tertiary/aromatic N) is 1. The molecule has 0 spiro atoms. The van der Waals surface area contributed by atoms with Crippen LogP contribution in [0.2, 0.25) is 0 Å². The molecule has 1 aliphatic rings. The van der Waals surface area contributed by atoms with E-state index in [1.807, 2.05) is 19.3 Å². The van der Waals surface area contributed by atoms with Gasteiger partial charge in [0.1, 0.15) is 11.2 Å². The Bertz CT molecular complexity index is 606. The van der Waals surface area contributed by atoms with E-state index in [1.165, 1.54) is 12.1 Å². The average molecular weight is 321 g/mol. The van der Waals surface area contributed by atoms with Gasteiger partial charge in [-0.2, -0.15) is 0 Å². The lowest BCUT2D eigenvalue weighted by molar-refractivity contribution is -0.151. The van der Waals surface area contributed by atoms with Crippen LogP contribution in [0, 0.1) is 11.2 Å². The molecule has 2 rings (SSSR count). The molecule has 5 heteroatoms. The molecule has 0 saturated heterocycles. The van der Waals surface area contributed by atoms with Crippen molar-refractivity contribution in [3.05, 3.63) is 46.8 Å². The van der Waals surface area contributed by atoms with E-state index in [0.29, 0.717) is 12.3 Å². The molecule has 0 aromatic heterocycles. The van der Waals surface area contributed by atoms with Crippen LogP contribution in [-0.4, -0.2) is 24.0 Å². The summed E-state index contributed by atoms with van der Waals surface area (Å²) in [7, 11) is 0. The van der Waals surface area contributed by atoms with Crippen LogP contribution in [0.5, 0.6) is 0 Å². The number of aliphatic imine (C=N–C) groups is 1. The third kappa shape index (κ3) is 3.77. The first-order chi connectivity index (χ1) is 10.4. The Morgan fingerprint density at radius 3 is 2.68 bits per heavy atom. The van der Waals surface area contributed by atoms with Crippen LogP contribution in [0.15, 0.2) is 40.4 Å². The fourth-order valence-corrected chi connectivity index (χ4v) is 3.01. The minimum atomic E-state index is -0.807. The standard InChI is InChI=1S/C17H20FNO2S/c1-4-21-16(20)17(2,3)15-11-22-10-9-14(19-15)12-5-7-13(18)8-6-12/h5-8,11H,4,9-10H2,1-3H3. The van der Waals surface area contributed by atoms with Gasteiger partial charge in [0.15, 0.2) is 0 Å². The highest BCUT2D eigenvalue weighted by Crippen LogP contribution is 2.33. The highest BCUT2D eigenvalue weighted by Gasteiger charge is 2.34. The molecule has 1 aliphatic heterocycles. The van der Waals surface area contributed by atoms with E-state index in [9.17, 15) is 9.18 Å². The molecule has 0 N–H and O–H groups in total. The molecule has 0 aliphatic carbocycles. The lowest BCUT2D eigenvalue weighted by atomic mass is 9.90. The third-order valence-corrected chi connectivity index (χ3v) is 4.34. The van der Waals surface area contributed by atoms with Crippen molar-refractivity contribution in [2.24, 2.45) is 10.4 Å². The van der Waals surface area contributed by atoms with Crippen molar-refractivity contribution in [2.45, 2.75) is 27.2 Å². The van der Waals surface area contributed by atoms with Crippen LogP contribution in [-0.2, 0) is 9.53 Å². The van der Waals surface area contributed by atoms with E-state index in [4.69, 9.17) is 4.74 Å². The van der Waals surface area contributed by atoms with Crippen LogP contribution >= 0.6 is 11.8 Å². The van der Waals surface area contributed by atoms with Gasteiger partial charge in [-0.1, -0.05) is 12.1 Å². The molecule has 22 heavy (non-hydrogen) atoms. The molecule has 0 amide bonds. The SMILES string of the molecule is CCOC(=O)C(C)(C)C1=CSCCC(c2ccc(F)cc2)=N1. The molecule has 0 saturated carbocycles. The molecule has 0 atom stereocenters. The second-order valence-corrected chi connectivity index (χ2v) is 6.51. The molecule has 1 aromatic carbocycles. The molecule has 0 unspecified atom stereocenters. The predicted octanol–water partition coefficient (Wildman–Crippen LogP) is 4.18. The average Bonchev–Trinajstić information content (AvgIpc) is 2.74. The smallest absolute Gasteiger partial charge is 0.317 e. The van der Waals surface area contributed by atoms with Crippen molar-refractivity contribution >= 4 is 23.4 Å². The number of halogens is 1. The van der Waals surface area contributed by atoms with Gasteiger partial charge < -0.3 is 4.74 Å². The Kier molecular flexibility index (Phi) is 5.40. The monoisotopic (exact) mass is 321 g/mol. The van der Waals surface area contributed by atoms with Crippen molar-refractivity contribution in [3.63, 3.8) is 0 Å². The van der Waals surface area contributed by atoms with Crippen molar-refractivity contribution in [1.82, 2.24) is 0 Å². The number of ether oxygens (including phenoxy) is 1. The minimum absolute atomic E-state index is 0.269. The fourth-order valence-electron chi connectivity index (χ4n) is 2.08. The molecule has 0 radical (unpaired) electrons. The van der Waals surface area contributed by atoms with Crippen LogP contribution in [0.25, 0.3) is 0 Å². The van der Waals surface area contributed by atoms with Crippen LogP contribution in [0.4, 0.5) is 4.39 Å². The second-order valence-electron chi connectivity index (χ2n) is 5.53. The van der Waals surface area contributed by atoms with Gasteiger partial charge in [-0.25, -0.2) is 4.39 Å². The molecular formula is C17H20FNO2S. The zero-order valence-electron chi connectivity index (χ0n) is 13.1. The number of hydrogen-bond donors (Lipinski definition) is 0. The van der Waals surface area contributed by atoms with E-state index in [0.717, 1.165) is 23.4 Å². The zero-order valence-corrected chi connectivity index (χ0v) is 13.9. The van der Waals surface area contributed by atoms with Gasteiger partial charge in [0.2, 0.25) is 0 Å². The van der Waals surface area contributed by atoms with Gasteiger partial charge >= 0.3 is 5.97 Å². The number of esters is 1. The Morgan fingerprint density at radius 2 is 2.05 bits per heavy atom. The lowest BCUT2D eigenvalue weighted by Crippen LogP contribution is -2.28. The lowest BCUT2D eigenvalue weighted by Gasteiger charge is -2.23. The first-order valence-electron chi connectivity index (χ1n) is 7.28. The van der Waals surface area contributed by atoms with Gasteiger partial charge in [0.25, 0.3) is 0 Å². The number of rotatable bonds is 4. The molecule has 3 nitrogen and oxygen atoms in total. The minimum Gasteiger partial charge on any atom is -0.465 e. The molecule has 118 valence electrons. The number of carbonyl (C=O) groups excluding carboxylic acids is 1. The normalized spacial score (nSPS) is 15.6. The Morgan fingerprint density at radius 1 is 1.36 bits per heavy atom. The summed E-state index contributed by atoms with van der Waals surface area (Å²) in [6.07, 6.45) is 0.773. The zero-order chi connectivity index (χ0) is 16.2. The van der Waals surface area contributed by atoms with Crippen LogP contribution < -0.4 is 0 Å². The summed E-state index contributed by atoms with van der Waals surface area (Å²) in [6.45, 7) is 5.76. The van der Waals surface area contributed by atoms with Crippen molar-refractivity contribution < 1.29 is 13.9 Å². The topological polar surface area (TPSA) is 38.7 Å². The maximum atomic E-state index is 13.1. The predicted molar refractivity (Wildman–Crippen MR) is 88.5 cm³/mol. The highest BCUT2D eigenvalue weighted by atomic mass is 32.2. The first-order valence-corrected chi connectivity index (χ1v) is 8.33. The summed E-state index contributed by atoms with van der Waals surface area (Å²) in [4.78, 5) is 16.9. The van der Waals surface area contributed by atoms with E-state index in [2.05, 4.69) is 4.99 Å². The van der Waals surface area contributed by atoms with Gasteiger partial charge in [0, 0.05) is 11.5 Å². The quantitative estimate of drug-likeness (QED) is 0.781. The van der Waals surface area contributed by atoms with Crippen LogP contribution in [0.1, 0.15) is 32.8 Å². The molecule has 0 bridgehead atoms. The fraction of sp³-hybridized carbons (Fsp3) is 0.412. The maximum Gasteiger partial charge on any atom is 0.317 e. The first kappa shape index (κ1) is 16.7. The van der Waals surface area contributed by atoms with E-state index < -0.39 is 5.41 Å². The van der Waals surface area contributed by atoms with E-state index in [-0.39, 0.29) is 11.8 Å². The number of carbonyl (C=O) groups is 1. The Labute approximate surface area is 134 Å². The van der Waals surface area contributed by atoms with Crippen molar-refractivity contribution in [3.8, 4) is 0 Å². The van der Waals surface area contributed by atoms with Gasteiger partial charge in [-0.15, -0.1) is 11.8 Å². The molecule has 1 aromatic rings. The molecule has 0 fully saturated rings. The summed E-state index contributed by atoms with van der Waals surface area (Å²) in [5.74, 6) is 0.319. The second kappa shape index (κ2) is 7.09. The van der Waals surface area contributed by atoms with Gasteiger partial charge in [-0.3, -0.25) is 9.79 Å². The van der Waals surface area contributed by atoms with Crippen LogP contribution in [0.3, 0.4) is 0 Å². The summed E-state index contributed by atoms with van der Waals surface area (Å²) in [5, 5.41) is 1.92. The Balaban J connectivity index is 2.34. The molecule has 1 heterocycles. The number of hydrogen-bond acceptors (Lipinski definition) is 4. The number of thioether (sulfide) groups is 1. The Hall–Kier alpha value is -1.62. The van der Waals surface area contributed by atoms with Crippen molar-refractivity contribution in [1.29, 1.82) is 0 Å². The summed E-state index contributed by atoms with van der Waals surface area (Å²) in [6, 6.07) is 6.30. The number of benzene rings is 1. The summed E-state index contributed by atoms with van der Waals surface area (Å²) >= 11 is 1.63. The van der Waals surface area contributed by atoms with E-state index in [1.54, 1.807) is 30.8 Å². The summed E-state index contributed by atoms with van der Waals surface area (Å²) < 4.78 is 18.2. The summed E-state index contributed by atoms with van der Waals surface area (Å²) in [5.41, 5.74) is 1.63. The largest absolute Gasteiger partial charge is 0.465 e. The highest BCUT2D eigenvalue weighted by molar-refractivity contribution is 8.02. The van der Waals surface area contributed by atoms with E-state index >= 15 is 0 Å². The van der Waals surface area contributed by atoms with Gasteiger partial charge in [-0.05, 0) is 50.3 Å². The van der Waals surface area contributed by atoms with Crippen molar-refractivity contribution in [2.75, 3.05) is 12.4 Å². The third-order valence-electron chi connectivity index (χ3n) is 3.51.